The van der Waals surface area contributed by atoms with Gasteiger partial charge in [0, 0.05) is 28.0 Å². The zero-order valence-corrected chi connectivity index (χ0v) is 12.8. The molecule has 0 aliphatic rings. The Morgan fingerprint density at radius 3 is 2.86 bits per heavy atom. The highest BCUT2D eigenvalue weighted by atomic mass is 32.1. The number of aromatic nitrogens is 1. The minimum atomic E-state index is 0.257. The average Bonchev–Trinajstić information content (AvgIpc) is 2.99. The summed E-state index contributed by atoms with van der Waals surface area (Å²) in [4.78, 5) is 4.47. The van der Waals surface area contributed by atoms with Crippen molar-refractivity contribution < 1.29 is 5.11 Å². The maximum absolute atomic E-state index is 9.72. The Hall–Kier alpha value is -2.59. The number of nitrogens with zero attached hydrogens (tertiary/aromatic N) is 1. The topological polar surface area (TPSA) is 45.1 Å². The number of nitrogens with one attached hydrogen (secondary N) is 1. The lowest BCUT2D eigenvalue weighted by atomic mass is 10.1. The zero-order valence-electron chi connectivity index (χ0n) is 12.0. The summed E-state index contributed by atoms with van der Waals surface area (Å²) in [5.74, 6) is 0.257. The number of phenols is 1. The van der Waals surface area contributed by atoms with Crippen LogP contribution in [0.2, 0.25) is 0 Å². The summed E-state index contributed by atoms with van der Waals surface area (Å²) in [6.45, 7) is 2.02. The van der Waals surface area contributed by atoms with Crippen LogP contribution in [0.15, 0.2) is 54.0 Å². The quantitative estimate of drug-likeness (QED) is 0.534. The van der Waals surface area contributed by atoms with Gasteiger partial charge >= 0.3 is 0 Å². The van der Waals surface area contributed by atoms with E-state index in [1.165, 1.54) is 10.1 Å². The molecule has 22 heavy (non-hydrogen) atoms. The number of phenolic OH excluding ortho intramolecular Hbond substituents is 1. The monoisotopic (exact) mass is 306 g/mol. The molecule has 4 aromatic rings. The molecule has 2 heterocycles. The van der Waals surface area contributed by atoms with E-state index >= 15 is 0 Å². The van der Waals surface area contributed by atoms with Crippen molar-refractivity contribution in [2.75, 3.05) is 5.32 Å². The number of aromatic hydroxyl groups is 1. The van der Waals surface area contributed by atoms with Gasteiger partial charge in [-0.3, -0.25) is 4.98 Å². The van der Waals surface area contributed by atoms with Gasteiger partial charge in [0.2, 0.25) is 0 Å². The summed E-state index contributed by atoms with van der Waals surface area (Å²) in [5, 5.41) is 17.6. The number of benzene rings is 2. The molecule has 0 saturated carbocycles. The maximum atomic E-state index is 9.72. The summed E-state index contributed by atoms with van der Waals surface area (Å²) < 4.78 is 1.23. The van der Waals surface area contributed by atoms with Gasteiger partial charge in [-0.05, 0) is 47.5 Å². The highest BCUT2D eigenvalue weighted by Crippen LogP contribution is 2.35. The predicted octanol–water partition coefficient (Wildman–Crippen LogP) is 5.21. The molecule has 0 atom stereocenters. The third-order valence-corrected chi connectivity index (χ3v) is 4.76. The summed E-state index contributed by atoms with van der Waals surface area (Å²) in [6, 6.07) is 13.6. The van der Waals surface area contributed by atoms with E-state index in [1.54, 1.807) is 23.5 Å². The van der Waals surface area contributed by atoms with Crippen LogP contribution in [-0.2, 0) is 0 Å². The average molecular weight is 306 g/mol. The molecule has 0 aliphatic heterocycles. The summed E-state index contributed by atoms with van der Waals surface area (Å²) in [6.07, 6.45) is 1.81. The van der Waals surface area contributed by atoms with Gasteiger partial charge in [-0.1, -0.05) is 12.1 Å². The van der Waals surface area contributed by atoms with Crippen LogP contribution in [0.4, 0.5) is 11.4 Å². The Balaban J connectivity index is 1.94. The van der Waals surface area contributed by atoms with Gasteiger partial charge in [0.25, 0.3) is 0 Å². The highest BCUT2D eigenvalue weighted by Gasteiger charge is 2.09. The van der Waals surface area contributed by atoms with E-state index in [-0.39, 0.29) is 5.75 Å². The van der Waals surface area contributed by atoms with Gasteiger partial charge in [0.05, 0.1) is 11.2 Å². The van der Waals surface area contributed by atoms with Crippen LogP contribution in [0, 0.1) is 6.92 Å². The normalized spacial score (nSPS) is 11.1. The lowest BCUT2D eigenvalue weighted by Gasteiger charge is -2.12. The van der Waals surface area contributed by atoms with Crippen molar-refractivity contribution in [2.45, 2.75) is 6.92 Å². The zero-order chi connectivity index (χ0) is 15.1. The van der Waals surface area contributed by atoms with Gasteiger partial charge in [-0.2, -0.15) is 0 Å². The lowest BCUT2D eigenvalue weighted by molar-refractivity contribution is 0.475. The molecule has 0 aliphatic carbocycles. The van der Waals surface area contributed by atoms with Gasteiger partial charge in [0.15, 0.2) is 0 Å². The van der Waals surface area contributed by atoms with E-state index in [9.17, 15) is 5.11 Å². The summed E-state index contributed by atoms with van der Waals surface area (Å²) >= 11 is 1.72. The highest BCUT2D eigenvalue weighted by molar-refractivity contribution is 7.18. The second kappa shape index (κ2) is 5.00. The minimum absolute atomic E-state index is 0.257. The Morgan fingerprint density at radius 2 is 1.95 bits per heavy atom. The van der Waals surface area contributed by atoms with Crippen molar-refractivity contribution >= 4 is 43.7 Å². The van der Waals surface area contributed by atoms with E-state index in [0.717, 1.165) is 27.8 Å². The fourth-order valence-corrected chi connectivity index (χ4v) is 3.61. The fraction of sp³-hybridized carbons (Fsp3) is 0.0556. The van der Waals surface area contributed by atoms with Crippen molar-refractivity contribution in [3.8, 4) is 5.75 Å². The first-order valence-corrected chi connectivity index (χ1v) is 7.92. The molecule has 4 heteroatoms. The molecule has 0 fully saturated rings. The molecule has 0 bridgehead atoms. The smallest absolute Gasteiger partial charge is 0.117 e. The van der Waals surface area contributed by atoms with Gasteiger partial charge in [-0.15, -0.1) is 11.3 Å². The number of rotatable bonds is 2. The fourth-order valence-electron chi connectivity index (χ4n) is 2.66. The van der Waals surface area contributed by atoms with Crippen LogP contribution >= 0.6 is 11.3 Å². The van der Waals surface area contributed by atoms with Crippen molar-refractivity contribution in [1.82, 2.24) is 4.98 Å². The van der Waals surface area contributed by atoms with Crippen LogP contribution in [-0.4, -0.2) is 10.1 Å². The Bertz CT molecular complexity index is 991. The van der Waals surface area contributed by atoms with Gasteiger partial charge < -0.3 is 10.4 Å². The molecule has 2 aromatic carbocycles. The molecule has 0 radical (unpaired) electrons. The first kappa shape index (κ1) is 13.1. The molecule has 0 amide bonds. The van der Waals surface area contributed by atoms with Crippen molar-refractivity contribution in [1.29, 1.82) is 0 Å². The molecule has 2 N–H and O–H groups in total. The first-order valence-electron chi connectivity index (χ1n) is 7.04. The lowest BCUT2D eigenvalue weighted by Crippen LogP contribution is -1.95. The Labute approximate surface area is 131 Å². The second-order valence-corrected chi connectivity index (χ2v) is 6.20. The number of anilines is 2. The van der Waals surface area contributed by atoms with Crippen LogP contribution in [0.25, 0.3) is 21.0 Å². The van der Waals surface area contributed by atoms with Crippen molar-refractivity contribution in [3.63, 3.8) is 0 Å². The molecule has 3 nitrogen and oxygen atoms in total. The van der Waals surface area contributed by atoms with Crippen LogP contribution in [0.1, 0.15) is 5.56 Å². The number of thiophene rings is 1. The number of hydrogen-bond donors (Lipinski definition) is 2. The molecule has 4 rings (SSSR count). The van der Waals surface area contributed by atoms with Crippen LogP contribution in [0.3, 0.4) is 0 Å². The Kier molecular flexibility index (Phi) is 2.98. The predicted molar refractivity (Wildman–Crippen MR) is 93.3 cm³/mol. The van der Waals surface area contributed by atoms with E-state index in [1.807, 2.05) is 31.3 Å². The number of pyridine rings is 1. The molecule has 108 valence electrons. The van der Waals surface area contributed by atoms with E-state index in [2.05, 4.69) is 27.8 Å². The molecular weight excluding hydrogens is 292 g/mol. The summed E-state index contributed by atoms with van der Waals surface area (Å²) in [5.41, 5.74) is 3.96. The van der Waals surface area contributed by atoms with Crippen molar-refractivity contribution in [3.05, 3.63) is 59.6 Å². The third kappa shape index (κ3) is 2.09. The maximum Gasteiger partial charge on any atom is 0.117 e. The standard InChI is InChI=1S/C18H14N2OS/c1-11-2-4-13(21)10-16(11)20-15-6-8-19-14-5-3-12-7-9-22-18(12)17(14)15/h2-10,21H,1H3,(H,19,20). The first-order chi connectivity index (χ1) is 10.7. The minimum Gasteiger partial charge on any atom is -0.508 e. The van der Waals surface area contributed by atoms with Gasteiger partial charge in [0.1, 0.15) is 5.75 Å². The number of fused-ring (bicyclic) bond motifs is 3. The van der Waals surface area contributed by atoms with E-state index in [0.29, 0.717) is 0 Å². The molecule has 0 unspecified atom stereocenters. The molecule has 2 aromatic heterocycles. The number of hydrogen-bond acceptors (Lipinski definition) is 4. The Morgan fingerprint density at radius 1 is 1.05 bits per heavy atom. The van der Waals surface area contributed by atoms with E-state index in [4.69, 9.17) is 0 Å². The van der Waals surface area contributed by atoms with E-state index < -0.39 is 0 Å². The third-order valence-electron chi connectivity index (χ3n) is 3.81. The van der Waals surface area contributed by atoms with Crippen LogP contribution < -0.4 is 5.32 Å². The van der Waals surface area contributed by atoms with Crippen LogP contribution in [0.5, 0.6) is 5.75 Å². The number of aryl methyl sites for hydroxylation is 1. The molecule has 0 saturated heterocycles. The molecule has 0 spiro atoms. The SMILES string of the molecule is Cc1ccc(O)cc1Nc1ccnc2ccc3ccsc3c12. The van der Waals surface area contributed by atoms with Crippen molar-refractivity contribution in [2.24, 2.45) is 0 Å². The largest absolute Gasteiger partial charge is 0.508 e. The second-order valence-electron chi connectivity index (χ2n) is 5.28. The molecular formula is C18H14N2OS. The van der Waals surface area contributed by atoms with Gasteiger partial charge in [-0.25, -0.2) is 0 Å². The summed E-state index contributed by atoms with van der Waals surface area (Å²) in [7, 11) is 0.